The molecule has 0 aliphatic heterocycles. The van der Waals surface area contributed by atoms with Crippen molar-refractivity contribution >= 4 is 34.8 Å². The molecule has 1 aromatic carbocycles. The number of hydrogen-bond acceptors (Lipinski definition) is 7. The van der Waals surface area contributed by atoms with E-state index in [1.165, 1.54) is 21.3 Å². The molecule has 0 aliphatic rings. The van der Waals surface area contributed by atoms with Crippen LogP contribution in [0.4, 0.5) is 4.79 Å². The number of H-pyrrole nitrogens is 1. The van der Waals surface area contributed by atoms with Crippen LogP contribution in [0.25, 0.3) is 10.9 Å². The van der Waals surface area contributed by atoms with Crippen LogP contribution in [0.2, 0.25) is 0 Å². The molecule has 0 saturated carbocycles. The molecule has 10 nitrogen and oxygen atoms in total. The number of likely N-dealkylation sites (N-methyl/N-ethyl adjacent to an activating group) is 1. The summed E-state index contributed by atoms with van der Waals surface area (Å²) in [5, 5.41) is 3.28. The molecule has 2 rings (SSSR count). The SMILES string of the molecule is COC(=O)c1[nH]c2ccccc2c1C[C@@H](NC(=O)CN(C)C(=O)OC(C)(C)C)C(=O)OC. The Morgan fingerprint density at radius 1 is 1.09 bits per heavy atom. The number of para-hydroxylation sites is 1. The Kier molecular flexibility index (Phi) is 7.85. The highest BCUT2D eigenvalue weighted by Gasteiger charge is 2.28. The van der Waals surface area contributed by atoms with Crippen molar-refractivity contribution in [3.05, 3.63) is 35.5 Å². The van der Waals surface area contributed by atoms with Crippen LogP contribution in [-0.4, -0.2) is 73.3 Å². The topological polar surface area (TPSA) is 127 Å². The zero-order valence-electron chi connectivity index (χ0n) is 19.1. The smallest absolute Gasteiger partial charge is 0.410 e. The first-order valence-electron chi connectivity index (χ1n) is 9.96. The zero-order chi connectivity index (χ0) is 24.1. The standard InChI is InChI=1S/C22H29N3O7/c1-22(2,3)32-21(29)25(4)12-17(26)23-16(19(27)30-5)11-14-13-9-7-8-10-15(13)24-18(14)20(28)31-6/h7-10,16,24H,11-12H2,1-6H3,(H,23,26)/t16-/m1/s1. The highest BCUT2D eigenvalue weighted by atomic mass is 16.6. The highest BCUT2D eigenvalue weighted by Crippen LogP contribution is 2.24. The van der Waals surface area contributed by atoms with Gasteiger partial charge in [-0.25, -0.2) is 14.4 Å². The Bertz CT molecular complexity index is 1010. The minimum absolute atomic E-state index is 0.0248. The summed E-state index contributed by atoms with van der Waals surface area (Å²) in [6.07, 6.45) is -0.699. The molecule has 2 amide bonds. The summed E-state index contributed by atoms with van der Waals surface area (Å²) in [5.41, 5.74) is 0.657. The first-order valence-corrected chi connectivity index (χ1v) is 9.96. The van der Waals surface area contributed by atoms with Crippen LogP contribution in [0, 0.1) is 0 Å². The average Bonchev–Trinajstić information content (AvgIpc) is 3.09. The van der Waals surface area contributed by atoms with Gasteiger partial charge in [0.2, 0.25) is 5.91 Å². The lowest BCUT2D eigenvalue weighted by atomic mass is 10.0. The number of fused-ring (bicyclic) bond motifs is 1. The van der Waals surface area contributed by atoms with Crippen molar-refractivity contribution < 1.29 is 33.4 Å². The Hall–Kier alpha value is -3.56. The van der Waals surface area contributed by atoms with Gasteiger partial charge in [0.1, 0.15) is 23.9 Å². The van der Waals surface area contributed by atoms with Crippen molar-refractivity contribution in [1.82, 2.24) is 15.2 Å². The normalized spacial score (nSPS) is 12.1. The quantitative estimate of drug-likeness (QED) is 0.491. The van der Waals surface area contributed by atoms with E-state index >= 15 is 0 Å². The third-order valence-electron chi connectivity index (χ3n) is 4.52. The minimum Gasteiger partial charge on any atom is -0.467 e. The van der Waals surface area contributed by atoms with E-state index in [2.05, 4.69) is 10.3 Å². The number of aromatic nitrogens is 1. The molecule has 10 heteroatoms. The summed E-state index contributed by atoms with van der Waals surface area (Å²) in [4.78, 5) is 53.4. The van der Waals surface area contributed by atoms with Gasteiger partial charge in [-0.05, 0) is 32.4 Å². The fraction of sp³-hybridized carbons (Fsp3) is 0.455. The van der Waals surface area contributed by atoms with Gasteiger partial charge in [-0.15, -0.1) is 0 Å². The number of aromatic amines is 1. The van der Waals surface area contributed by atoms with Gasteiger partial charge < -0.3 is 29.4 Å². The zero-order valence-corrected chi connectivity index (χ0v) is 19.1. The molecule has 0 aliphatic carbocycles. The molecule has 0 fully saturated rings. The second-order valence-electron chi connectivity index (χ2n) is 8.20. The van der Waals surface area contributed by atoms with Gasteiger partial charge in [-0.2, -0.15) is 0 Å². The van der Waals surface area contributed by atoms with Crippen LogP contribution in [0.1, 0.15) is 36.8 Å². The third-order valence-corrected chi connectivity index (χ3v) is 4.52. The van der Waals surface area contributed by atoms with Gasteiger partial charge in [0.25, 0.3) is 0 Å². The largest absolute Gasteiger partial charge is 0.467 e. The Balaban J connectivity index is 2.23. The van der Waals surface area contributed by atoms with Crippen molar-refractivity contribution in [2.24, 2.45) is 0 Å². The van der Waals surface area contributed by atoms with Crippen molar-refractivity contribution in [3.63, 3.8) is 0 Å². The molecule has 0 unspecified atom stereocenters. The lowest BCUT2D eigenvalue weighted by Gasteiger charge is -2.25. The molecule has 1 aromatic heterocycles. The Morgan fingerprint density at radius 2 is 1.75 bits per heavy atom. The fourth-order valence-electron chi connectivity index (χ4n) is 3.09. The number of amides is 2. The molecule has 0 saturated heterocycles. The molecular weight excluding hydrogens is 418 g/mol. The van der Waals surface area contributed by atoms with Gasteiger partial charge in [0, 0.05) is 24.4 Å². The molecule has 1 atom stereocenters. The summed E-state index contributed by atoms with van der Waals surface area (Å²) >= 11 is 0. The summed E-state index contributed by atoms with van der Waals surface area (Å²) in [7, 11) is 3.87. The van der Waals surface area contributed by atoms with Crippen molar-refractivity contribution in [2.45, 2.75) is 38.8 Å². The Labute approximate surface area is 186 Å². The number of carbonyl (C=O) groups excluding carboxylic acids is 4. The second-order valence-corrected chi connectivity index (χ2v) is 8.20. The second kappa shape index (κ2) is 10.2. The van der Waals surface area contributed by atoms with Crippen molar-refractivity contribution in [2.75, 3.05) is 27.8 Å². The number of methoxy groups -OCH3 is 2. The first-order chi connectivity index (χ1) is 15.0. The maximum absolute atomic E-state index is 12.6. The van der Waals surface area contributed by atoms with Crippen molar-refractivity contribution in [3.8, 4) is 0 Å². The van der Waals surface area contributed by atoms with Gasteiger partial charge in [0.15, 0.2) is 0 Å². The van der Waals surface area contributed by atoms with Crippen LogP contribution < -0.4 is 5.32 Å². The Morgan fingerprint density at radius 3 is 2.34 bits per heavy atom. The highest BCUT2D eigenvalue weighted by molar-refractivity contribution is 5.99. The molecule has 0 spiro atoms. The van der Waals surface area contributed by atoms with E-state index in [1.807, 2.05) is 0 Å². The van der Waals surface area contributed by atoms with Gasteiger partial charge >= 0.3 is 18.0 Å². The predicted molar refractivity (Wildman–Crippen MR) is 116 cm³/mol. The average molecular weight is 447 g/mol. The third kappa shape index (κ3) is 6.22. The van der Waals surface area contributed by atoms with E-state index in [-0.39, 0.29) is 18.7 Å². The number of ether oxygens (including phenoxy) is 3. The molecule has 32 heavy (non-hydrogen) atoms. The monoisotopic (exact) mass is 447 g/mol. The molecular formula is C22H29N3O7. The number of nitrogens with zero attached hydrogens (tertiary/aromatic N) is 1. The van der Waals surface area contributed by atoms with Gasteiger partial charge in [0.05, 0.1) is 14.2 Å². The van der Waals surface area contributed by atoms with Gasteiger partial charge in [-0.3, -0.25) is 4.79 Å². The summed E-state index contributed by atoms with van der Waals surface area (Å²) in [5.74, 6) is -1.89. The number of rotatable bonds is 7. The van der Waals surface area contributed by atoms with E-state index in [0.29, 0.717) is 16.5 Å². The van der Waals surface area contributed by atoms with Crippen LogP contribution in [0.5, 0.6) is 0 Å². The maximum Gasteiger partial charge on any atom is 0.410 e. The number of hydrogen-bond donors (Lipinski definition) is 2. The number of carbonyl (C=O) groups is 4. The minimum atomic E-state index is -1.10. The van der Waals surface area contributed by atoms with Gasteiger partial charge in [-0.1, -0.05) is 18.2 Å². The number of benzene rings is 1. The number of esters is 2. The lowest BCUT2D eigenvalue weighted by molar-refractivity contribution is -0.145. The van der Waals surface area contributed by atoms with Crippen LogP contribution >= 0.6 is 0 Å². The fourth-order valence-corrected chi connectivity index (χ4v) is 3.09. The summed E-state index contributed by atoms with van der Waals surface area (Å²) in [6.45, 7) is 4.81. The molecule has 174 valence electrons. The summed E-state index contributed by atoms with van der Waals surface area (Å²) < 4.78 is 14.9. The van der Waals surface area contributed by atoms with E-state index in [4.69, 9.17) is 14.2 Å². The number of nitrogens with one attached hydrogen (secondary N) is 2. The molecule has 2 aromatic rings. The molecule has 0 radical (unpaired) electrons. The first kappa shape index (κ1) is 24.7. The maximum atomic E-state index is 12.6. The predicted octanol–water partition coefficient (Wildman–Crippen LogP) is 2.02. The van der Waals surface area contributed by atoms with E-state index in [1.54, 1.807) is 45.0 Å². The molecule has 1 heterocycles. The van der Waals surface area contributed by atoms with Crippen molar-refractivity contribution in [1.29, 1.82) is 0 Å². The van der Waals surface area contributed by atoms with E-state index in [9.17, 15) is 19.2 Å². The summed E-state index contributed by atoms with van der Waals surface area (Å²) in [6, 6.07) is 6.08. The van der Waals surface area contributed by atoms with Crippen LogP contribution in [0.15, 0.2) is 24.3 Å². The van der Waals surface area contributed by atoms with Crippen LogP contribution in [0.3, 0.4) is 0 Å². The molecule has 2 N–H and O–H groups in total. The van der Waals surface area contributed by atoms with E-state index < -0.39 is 35.6 Å². The van der Waals surface area contributed by atoms with Crippen LogP contribution in [-0.2, 0) is 30.2 Å². The molecule has 0 bridgehead atoms. The van der Waals surface area contributed by atoms with E-state index in [0.717, 1.165) is 4.90 Å². The lowest BCUT2D eigenvalue weighted by Crippen LogP contribution is -2.48.